The quantitative estimate of drug-likeness (QED) is 0.405. The van der Waals surface area contributed by atoms with Gasteiger partial charge in [0.2, 0.25) is 0 Å². The van der Waals surface area contributed by atoms with Gasteiger partial charge in [-0.1, -0.05) is 31.4 Å². The minimum atomic E-state index is -0.243. The summed E-state index contributed by atoms with van der Waals surface area (Å²) < 4.78 is 5.30. The van der Waals surface area contributed by atoms with Crippen molar-refractivity contribution in [3.05, 3.63) is 71.0 Å². The van der Waals surface area contributed by atoms with Gasteiger partial charge >= 0.3 is 0 Å². The standard InChI is InChI=1S/C26H25N5O2S/c1-33-18-9-7-17(8-10-18)15-31-25(32)23-19(26(31)11-3-2-4-12-26)14-21(34-23)30-24-22-20(28-16-29-24)6-5-13-27-22/h5-10,13-14,16H,2-4,11-12,15H2,1H3,(H,28,29,30). The molecule has 34 heavy (non-hydrogen) atoms. The lowest BCUT2D eigenvalue weighted by atomic mass is 9.77. The van der Waals surface area contributed by atoms with Crippen molar-refractivity contribution >= 4 is 39.1 Å². The SMILES string of the molecule is COc1ccc(CN2C(=O)c3sc(Nc4ncnc5cccnc45)cc3C23CCCCC3)cc1. The summed E-state index contributed by atoms with van der Waals surface area (Å²) in [6, 6.07) is 14.0. The van der Waals surface area contributed by atoms with Crippen molar-refractivity contribution in [2.45, 2.75) is 44.2 Å². The Bertz CT molecular complexity index is 1360. The van der Waals surface area contributed by atoms with Crippen molar-refractivity contribution < 1.29 is 9.53 Å². The van der Waals surface area contributed by atoms with Gasteiger partial charge in [0.05, 0.1) is 28.0 Å². The number of nitrogens with zero attached hydrogens (tertiary/aromatic N) is 4. The van der Waals surface area contributed by atoms with Gasteiger partial charge in [-0.25, -0.2) is 9.97 Å². The number of rotatable bonds is 5. The molecular weight excluding hydrogens is 446 g/mol. The maximum atomic E-state index is 13.7. The fraction of sp³-hybridized carbons (Fsp3) is 0.308. The second-order valence-corrected chi connectivity index (χ2v) is 9.96. The van der Waals surface area contributed by atoms with Gasteiger partial charge in [-0.15, -0.1) is 11.3 Å². The Morgan fingerprint density at radius 1 is 1.09 bits per heavy atom. The highest BCUT2D eigenvalue weighted by Gasteiger charge is 2.51. The third kappa shape index (κ3) is 3.40. The third-order valence-electron chi connectivity index (χ3n) is 7.01. The van der Waals surface area contributed by atoms with Crippen LogP contribution in [0.15, 0.2) is 55.0 Å². The Labute approximate surface area is 201 Å². The Morgan fingerprint density at radius 2 is 1.91 bits per heavy atom. The molecule has 4 heterocycles. The molecule has 1 amide bonds. The van der Waals surface area contributed by atoms with Crippen molar-refractivity contribution in [3.8, 4) is 5.75 Å². The number of pyridine rings is 1. The van der Waals surface area contributed by atoms with E-state index in [9.17, 15) is 4.79 Å². The van der Waals surface area contributed by atoms with Crippen LogP contribution in [0.1, 0.15) is 52.9 Å². The summed E-state index contributed by atoms with van der Waals surface area (Å²) in [5.41, 5.74) is 3.54. The highest BCUT2D eigenvalue weighted by molar-refractivity contribution is 7.18. The molecule has 1 fully saturated rings. The lowest BCUT2D eigenvalue weighted by Gasteiger charge is -2.42. The number of anilines is 2. The highest BCUT2D eigenvalue weighted by atomic mass is 32.1. The molecule has 3 aromatic heterocycles. The van der Waals surface area contributed by atoms with E-state index in [0.717, 1.165) is 63.5 Å². The third-order valence-corrected chi connectivity index (χ3v) is 8.04. The number of hydrogen-bond donors (Lipinski definition) is 1. The van der Waals surface area contributed by atoms with Gasteiger partial charge < -0.3 is 15.0 Å². The minimum absolute atomic E-state index is 0.122. The van der Waals surface area contributed by atoms with E-state index in [4.69, 9.17) is 4.74 Å². The molecule has 1 N–H and O–H groups in total. The second kappa shape index (κ2) is 8.36. The fourth-order valence-electron chi connectivity index (χ4n) is 5.33. The molecular formula is C26H25N5O2S. The van der Waals surface area contributed by atoms with Gasteiger partial charge in [0.1, 0.15) is 17.6 Å². The largest absolute Gasteiger partial charge is 0.497 e. The van der Waals surface area contributed by atoms with Crippen LogP contribution < -0.4 is 10.1 Å². The van der Waals surface area contributed by atoms with Crippen LogP contribution in [0.2, 0.25) is 0 Å². The zero-order valence-electron chi connectivity index (χ0n) is 19.0. The maximum absolute atomic E-state index is 13.7. The van der Waals surface area contributed by atoms with Crippen LogP contribution in [0.4, 0.5) is 10.8 Å². The second-order valence-electron chi connectivity index (χ2n) is 8.90. The van der Waals surface area contributed by atoms with Gasteiger partial charge in [0.15, 0.2) is 5.82 Å². The topological polar surface area (TPSA) is 80.2 Å². The first kappa shape index (κ1) is 21.0. The molecule has 0 atom stereocenters. The van der Waals surface area contributed by atoms with Crippen molar-refractivity contribution in [1.82, 2.24) is 19.9 Å². The molecule has 2 aliphatic rings. The number of benzene rings is 1. The number of ether oxygens (including phenoxy) is 1. The van der Waals surface area contributed by atoms with E-state index < -0.39 is 0 Å². The molecule has 8 heteroatoms. The van der Waals surface area contributed by atoms with Crippen LogP contribution in [0.5, 0.6) is 5.75 Å². The lowest BCUT2D eigenvalue weighted by Crippen LogP contribution is -2.44. The van der Waals surface area contributed by atoms with Gasteiger partial charge in [0.25, 0.3) is 5.91 Å². The number of fused-ring (bicyclic) bond motifs is 3. The van der Waals surface area contributed by atoms with Crippen LogP contribution in [0.25, 0.3) is 11.0 Å². The summed E-state index contributed by atoms with van der Waals surface area (Å²) in [4.78, 5) is 29.8. The first-order chi connectivity index (χ1) is 16.7. The number of hydrogen-bond acceptors (Lipinski definition) is 7. The van der Waals surface area contributed by atoms with E-state index in [1.165, 1.54) is 24.1 Å². The Morgan fingerprint density at radius 3 is 2.71 bits per heavy atom. The summed E-state index contributed by atoms with van der Waals surface area (Å²) in [6.07, 6.45) is 8.75. The van der Waals surface area contributed by atoms with Gasteiger partial charge in [-0.3, -0.25) is 9.78 Å². The van der Waals surface area contributed by atoms with Crippen molar-refractivity contribution in [2.75, 3.05) is 12.4 Å². The Kier molecular flexibility index (Phi) is 5.17. The fourth-order valence-corrected chi connectivity index (χ4v) is 6.43. The van der Waals surface area contributed by atoms with Crippen molar-refractivity contribution in [1.29, 1.82) is 0 Å². The van der Waals surface area contributed by atoms with Crippen molar-refractivity contribution in [3.63, 3.8) is 0 Å². The number of thiophene rings is 1. The summed E-state index contributed by atoms with van der Waals surface area (Å²) in [6.45, 7) is 0.605. The van der Waals surface area contributed by atoms with E-state index in [2.05, 4.69) is 43.4 Å². The van der Waals surface area contributed by atoms with Crippen LogP contribution in [0, 0.1) is 0 Å². The van der Waals surface area contributed by atoms with E-state index >= 15 is 0 Å². The van der Waals surface area contributed by atoms with Gasteiger partial charge in [-0.2, -0.15) is 0 Å². The number of nitrogens with one attached hydrogen (secondary N) is 1. The smallest absolute Gasteiger partial charge is 0.265 e. The maximum Gasteiger partial charge on any atom is 0.265 e. The van der Waals surface area contributed by atoms with E-state index in [1.807, 2.05) is 24.3 Å². The van der Waals surface area contributed by atoms with Crippen LogP contribution in [0.3, 0.4) is 0 Å². The Balaban J connectivity index is 1.34. The predicted octanol–water partition coefficient (Wildman–Crippen LogP) is 5.65. The minimum Gasteiger partial charge on any atom is -0.497 e. The monoisotopic (exact) mass is 471 g/mol. The number of carbonyl (C=O) groups excluding carboxylic acids is 1. The molecule has 0 unspecified atom stereocenters. The summed E-state index contributed by atoms with van der Waals surface area (Å²) >= 11 is 1.51. The molecule has 1 aliphatic heterocycles. The zero-order valence-corrected chi connectivity index (χ0v) is 19.8. The van der Waals surface area contributed by atoms with E-state index in [1.54, 1.807) is 13.3 Å². The molecule has 0 radical (unpaired) electrons. The number of amides is 1. The molecule has 172 valence electrons. The molecule has 1 saturated carbocycles. The van der Waals surface area contributed by atoms with Crippen molar-refractivity contribution in [2.24, 2.45) is 0 Å². The first-order valence-electron chi connectivity index (χ1n) is 11.6. The zero-order chi connectivity index (χ0) is 23.1. The molecule has 6 rings (SSSR count). The highest BCUT2D eigenvalue weighted by Crippen LogP contribution is 2.53. The molecule has 1 aromatic carbocycles. The molecule has 1 spiro atoms. The molecule has 0 bridgehead atoms. The van der Waals surface area contributed by atoms with E-state index in [0.29, 0.717) is 12.4 Å². The number of methoxy groups -OCH3 is 1. The number of aromatic nitrogens is 3. The molecule has 1 aliphatic carbocycles. The molecule has 4 aromatic rings. The normalized spacial score (nSPS) is 16.7. The molecule has 7 nitrogen and oxygen atoms in total. The summed E-state index contributed by atoms with van der Waals surface area (Å²) in [5, 5.41) is 4.33. The van der Waals surface area contributed by atoms with Gasteiger partial charge in [-0.05, 0) is 48.7 Å². The van der Waals surface area contributed by atoms with Crippen LogP contribution in [-0.4, -0.2) is 32.9 Å². The lowest BCUT2D eigenvalue weighted by molar-refractivity contribution is 0.0388. The van der Waals surface area contributed by atoms with Crippen LogP contribution >= 0.6 is 11.3 Å². The Hall–Kier alpha value is -3.52. The summed E-state index contributed by atoms with van der Waals surface area (Å²) in [5.74, 6) is 1.60. The average Bonchev–Trinajstić information content (AvgIpc) is 3.39. The van der Waals surface area contributed by atoms with Crippen LogP contribution in [-0.2, 0) is 12.1 Å². The summed E-state index contributed by atoms with van der Waals surface area (Å²) in [7, 11) is 1.67. The molecule has 0 saturated heterocycles. The predicted molar refractivity (Wildman–Crippen MR) is 133 cm³/mol. The first-order valence-corrected chi connectivity index (χ1v) is 12.4. The number of carbonyl (C=O) groups is 1. The average molecular weight is 472 g/mol. The van der Waals surface area contributed by atoms with Gasteiger partial charge in [0, 0.05) is 18.3 Å². The van der Waals surface area contributed by atoms with E-state index in [-0.39, 0.29) is 11.4 Å².